The highest BCUT2D eigenvalue weighted by Crippen LogP contribution is 2.37. The van der Waals surface area contributed by atoms with Gasteiger partial charge in [-0.1, -0.05) is 17.4 Å². The number of amides is 2. The minimum Gasteiger partial charge on any atom is -0.493 e. The molecule has 11 heteroatoms. The second-order valence-electron chi connectivity index (χ2n) is 5.83. The zero-order chi connectivity index (χ0) is 21.8. The Kier molecular flexibility index (Phi) is 6.11. The Balaban J connectivity index is 1.83. The van der Waals surface area contributed by atoms with Crippen LogP contribution < -0.4 is 20.1 Å². The van der Waals surface area contributed by atoms with Crippen LogP contribution in [0, 0.1) is 18.6 Å². The number of benzene rings is 2. The van der Waals surface area contributed by atoms with Gasteiger partial charge < -0.3 is 19.9 Å². The van der Waals surface area contributed by atoms with E-state index in [9.17, 15) is 18.4 Å². The SMILES string of the molecule is COc1cccc(F)c1Oc1ccc(F)cc1NC(=O)Nc1nc(C)c(C(=O)O)s1. The number of rotatable bonds is 6. The number of nitrogens with zero attached hydrogens (tertiary/aromatic N) is 1. The Morgan fingerprint density at radius 2 is 1.90 bits per heavy atom. The minimum atomic E-state index is -1.17. The first-order valence-electron chi connectivity index (χ1n) is 8.37. The number of aromatic carboxylic acids is 1. The number of hydrogen-bond acceptors (Lipinski definition) is 6. The van der Waals surface area contributed by atoms with E-state index in [2.05, 4.69) is 15.6 Å². The third kappa shape index (κ3) is 4.63. The van der Waals surface area contributed by atoms with Gasteiger partial charge in [0.15, 0.2) is 22.4 Å². The van der Waals surface area contributed by atoms with Crippen molar-refractivity contribution in [3.8, 4) is 17.2 Å². The van der Waals surface area contributed by atoms with Crippen molar-refractivity contribution in [3.63, 3.8) is 0 Å². The molecule has 8 nitrogen and oxygen atoms in total. The van der Waals surface area contributed by atoms with Crippen LogP contribution in [0.15, 0.2) is 36.4 Å². The molecular formula is C19H15F2N3O5S. The van der Waals surface area contributed by atoms with Crippen LogP contribution in [-0.4, -0.2) is 29.2 Å². The fraction of sp³-hybridized carbons (Fsp3) is 0.105. The van der Waals surface area contributed by atoms with Crippen molar-refractivity contribution < 1.29 is 33.0 Å². The molecule has 2 amide bonds. The zero-order valence-corrected chi connectivity index (χ0v) is 16.5. The van der Waals surface area contributed by atoms with Crippen molar-refractivity contribution in [1.82, 2.24) is 4.98 Å². The lowest BCUT2D eigenvalue weighted by atomic mass is 10.2. The lowest BCUT2D eigenvalue weighted by Crippen LogP contribution is -2.19. The number of nitrogens with one attached hydrogen (secondary N) is 2. The molecule has 0 saturated heterocycles. The normalized spacial score (nSPS) is 10.4. The lowest BCUT2D eigenvalue weighted by Gasteiger charge is -2.15. The molecule has 2 aromatic carbocycles. The van der Waals surface area contributed by atoms with Crippen LogP contribution in [0.5, 0.6) is 17.2 Å². The molecule has 156 valence electrons. The predicted octanol–water partition coefficient (Wildman–Crippen LogP) is 4.87. The van der Waals surface area contributed by atoms with Crippen LogP contribution in [0.4, 0.5) is 24.4 Å². The first kappa shape index (κ1) is 21.0. The van der Waals surface area contributed by atoms with Crippen molar-refractivity contribution in [2.24, 2.45) is 0 Å². The summed E-state index contributed by atoms with van der Waals surface area (Å²) in [5.74, 6) is -2.73. The molecule has 1 aromatic heterocycles. The molecule has 0 unspecified atom stereocenters. The summed E-state index contributed by atoms with van der Waals surface area (Å²) in [4.78, 5) is 27.3. The highest BCUT2D eigenvalue weighted by atomic mass is 32.1. The number of methoxy groups -OCH3 is 1. The number of aryl methyl sites for hydroxylation is 1. The quantitative estimate of drug-likeness (QED) is 0.509. The number of thiazole rings is 1. The second kappa shape index (κ2) is 8.74. The molecule has 0 spiro atoms. The van der Waals surface area contributed by atoms with Crippen LogP contribution >= 0.6 is 11.3 Å². The molecule has 0 saturated carbocycles. The number of urea groups is 1. The number of carbonyl (C=O) groups is 2. The summed E-state index contributed by atoms with van der Waals surface area (Å²) >= 11 is 0.769. The zero-order valence-electron chi connectivity index (χ0n) is 15.7. The summed E-state index contributed by atoms with van der Waals surface area (Å²) in [6, 6.07) is 6.52. The molecule has 30 heavy (non-hydrogen) atoms. The number of ether oxygens (including phenoxy) is 2. The van der Waals surface area contributed by atoms with Crippen LogP contribution in [0.25, 0.3) is 0 Å². The van der Waals surface area contributed by atoms with Crippen LogP contribution in [0.3, 0.4) is 0 Å². The molecule has 0 aliphatic carbocycles. The van der Waals surface area contributed by atoms with E-state index in [-0.39, 0.29) is 38.6 Å². The number of carboxylic acid groups (broad SMARTS) is 1. The third-order valence-electron chi connectivity index (χ3n) is 3.76. The summed E-state index contributed by atoms with van der Waals surface area (Å²) in [6.45, 7) is 1.49. The van der Waals surface area contributed by atoms with Crippen molar-refractivity contribution >= 4 is 34.2 Å². The van der Waals surface area contributed by atoms with E-state index in [0.717, 1.165) is 29.5 Å². The summed E-state index contributed by atoms with van der Waals surface area (Å²) in [7, 11) is 1.33. The number of carboxylic acids is 1. The molecular weight excluding hydrogens is 420 g/mol. The maximum Gasteiger partial charge on any atom is 0.347 e. The van der Waals surface area contributed by atoms with Crippen LogP contribution in [0.2, 0.25) is 0 Å². The molecule has 0 fully saturated rings. The first-order chi connectivity index (χ1) is 14.3. The molecule has 1 heterocycles. The molecule has 0 aliphatic heterocycles. The fourth-order valence-electron chi connectivity index (χ4n) is 2.45. The van der Waals surface area contributed by atoms with Gasteiger partial charge in [0, 0.05) is 6.07 Å². The smallest absolute Gasteiger partial charge is 0.347 e. The van der Waals surface area contributed by atoms with Gasteiger partial charge in [0.1, 0.15) is 10.7 Å². The standard InChI is InChI=1S/C19H15F2N3O5S/c1-9-16(17(25)26)30-19(22-9)24-18(27)23-12-8-10(20)6-7-13(12)29-15-11(21)4-3-5-14(15)28-2/h3-8H,1-2H3,(H,25,26)(H2,22,23,24,27). The monoisotopic (exact) mass is 435 g/mol. The molecule has 0 atom stereocenters. The van der Waals surface area contributed by atoms with Gasteiger partial charge >= 0.3 is 12.0 Å². The molecule has 0 bridgehead atoms. The highest BCUT2D eigenvalue weighted by Gasteiger charge is 2.18. The Labute approximate surface area is 173 Å². The van der Waals surface area contributed by atoms with Crippen LogP contribution in [0.1, 0.15) is 15.4 Å². The van der Waals surface area contributed by atoms with E-state index < -0.39 is 23.6 Å². The van der Waals surface area contributed by atoms with Crippen molar-refractivity contribution in [1.29, 1.82) is 0 Å². The van der Waals surface area contributed by atoms with E-state index in [4.69, 9.17) is 14.6 Å². The van der Waals surface area contributed by atoms with Gasteiger partial charge in [-0.2, -0.15) is 0 Å². The van der Waals surface area contributed by atoms with E-state index in [0.29, 0.717) is 0 Å². The van der Waals surface area contributed by atoms with Gasteiger partial charge in [0.05, 0.1) is 18.5 Å². The average Bonchev–Trinajstić information content (AvgIpc) is 3.05. The number of anilines is 2. The number of hydrogen-bond donors (Lipinski definition) is 3. The van der Waals surface area contributed by atoms with Crippen molar-refractivity contribution in [2.45, 2.75) is 6.92 Å². The topological polar surface area (TPSA) is 110 Å². The van der Waals surface area contributed by atoms with E-state index >= 15 is 0 Å². The summed E-state index contributed by atoms with van der Waals surface area (Å²) in [5, 5.41) is 13.8. The third-order valence-corrected chi connectivity index (χ3v) is 4.82. The van der Waals surface area contributed by atoms with Gasteiger partial charge in [-0.15, -0.1) is 0 Å². The van der Waals surface area contributed by atoms with Crippen LogP contribution in [-0.2, 0) is 0 Å². The Morgan fingerprint density at radius 3 is 2.57 bits per heavy atom. The maximum atomic E-state index is 14.2. The lowest BCUT2D eigenvalue weighted by molar-refractivity contribution is 0.0701. The van der Waals surface area contributed by atoms with Crippen molar-refractivity contribution in [2.75, 3.05) is 17.7 Å². The van der Waals surface area contributed by atoms with Gasteiger partial charge in [-0.05, 0) is 31.2 Å². The first-order valence-corrected chi connectivity index (χ1v) is 9.18. The second-order valence-corrected chi connectivity index (χ2v) is 6.83. The molecule has 3 rings (SSSR count). The fourth-order valence-corrected chi connectivity index (χ4v) is 3.25. The molecule has 0 aliphatic rings. The predicted molar refractivity (Wildman–Crippen MR) is 106 cm³/mol. The Bertz CT molecular complexity index is 1120. The van der Waals surface area contributed by atoms with Gasteiger partial charge in [0.25, 0.3) is 0 Å². The molecule has 3 N–H and O–H groups in total. The highest BCUT2D eigenvalue weighted by molar-refractivity contribution is 7.17. The summed E-state index contributed by atoms with van der Waals surface area (Å²) in [6.07, 6.45) is 0. The van der Waals surface area contributed by atoms with E-state index in [1.807, 2.05) is 0 Å². The number of halogens is 2. The number of aromatic nitrogens is 1. The molecule has 0 radical (unpaired) electrons. The summed E-state index contributed by atoms with van der Waals surface area (Å²) in [5.41, 5.74) is 0.147. The van der Waals surface area contributed by atoms with Gasteiger partial charge in [0.2, 0.25) is 5.75 Å². The molecule has 3 aromatic rings. The van der Waals surface area contributed by atoms with Gasteiger partial charge in [-0.3, -0.25) is 5.32 Å². The van der Waals surface area contributed by atoms with E-state index in [1.165, 1.54) is 32.2 Å². The Morgan fingerprint density at radius 1 is 1.13 bits per heavy atom. The average molecular weight is 435 g/mol. The van der Waals surface area contributed by atoms with E-state index in [1.54, 1.807) is 0 Å². The number of para-hydroxylation sites is 1. The largest absolute Gasteiger partial charge is 0.493 e. The maximum absolute atomic E-state index is 14.2. The Hall–Kier alpha value is -3.73. The van der Waals surface area contributed by atoms with Gasteiger partial charge in [-0.25, -0.2) is 23.4 Å². The summed E-state index contributed by atoms with van der Waals surface area (Å²) < 4.78 is 38.5. The minimum absolute atomic E-state index is 0.0216. The number of carbonyl (C=O) groups excluding carboxylic acids is 1. The van der Waals surface area contributed by atoms with Crippen molar-refractivity contribution in [3.05, 3.63) is 58.6 Å².